The molecule has 1 heterocycles. The Labute approximate surface area is 183 Å². The van der Waals surface area contributed by atoms with Gasteiger partial charge in [0.15, 0.2) is 0 Å². The third-order valence-electron chi connectivity index (χ3n) is 4.49. The molecule has 1 fully saturated rings. The van der Waals surface area contributed by atoms with Crippen LogP contribution in [0.1, 0.15) is 11.1 Å². The molecule has 0 bridgehead atoms. The molecule has 1 aliphatic heterocycles. The van der Waals surface area contributed by atoms with Crippen LogP contribution in [0.4, 0.5) is 5.69 Å². The van der Waals surface area contributed by atoms with Crippen LogP contribution in [0, 0.1) is 0 Å². The minimum absolute atomic E-state index is 0.0269. The molecule has 0 unspecified atom stereocenters. The summed E-state index contributed by atoms with van der Waals surface area (Å²) in [5.41, 5.74) is 4.76. The van der Waals surface area contributed by atoms with E-state index >= 15 is 0 Å². The number of nitrogens with one attached hydrogen (secondary N) is 1. The Morgan fingerprint density at radius 2 is 1.63 bits per heavy atom. The first kappa shape index (κ1) is 20.0. The van der Waals surface area contributed by atoms with Crippen molar-refractivity contribution in [3.05, 3.63) is 99.5 Å². The number of hydrogen-bond donors (Lipinski definition) is 1. The summed E-state index contributed by atoms with van der Waals surface area (Å²) in [6.45, 7) is 0.459. The number of anilines is 1. The zero-order valence-corrected chi connectivity index (χ0v) is 17.2. The molecule has 2 amide bonds. The fourth-order valence-corrected chi connectivity index (χ4v) is 3.22. The highest BCUT2D eigenvalue weighted by molar-refractivity contribution is 6.42. The number of carbonyl (C=O) groups is 2. The molecule has 3 aromatic rings. The number of amides is 2. The van der Waals surface area contributed by atoms with E-state index in [-0.39, 0.29) is 5.57 Å². The van der Waals surface area contributed by atoms with Crippen molar-refractivity contribution in [2.45, 2.75) is 6.61 Å². The molecule has 0 aromatic heterocycles. The van der Waals surface area contributed by atoms with E-state index in [1.54, 1.807) is 36.4 Å². The molecule has 0 aliphatic carbocycles. The molecule has 0 atom stereocenters. The standard InChI is InChI=1S/C23H16Cl2N2O3/c24-20-11-8-17(13-21(20)25)27-23(29)19(22(28)26-27)12-15-6-9-18(10-7-15)30-14-16-4-2-1-3-5-16/h1-13H,14H2,(H,26,28)/b19-12+. The predicted octanol–water partition coefficient (Wildman–Crippen LogP) is 5.03. The number of ether oxygens (including phenoxy) is 1. The van der Waals surface area contributed by atoms with Crippen molar-refractivity contribution in [2.24, 2.45) is 0 Å². The van der Waals surface area contributed by atoms with Crippen LogP contribution < -0.4 is 15.2 Å². The number of hydrogen-bond acceptors (Lipinski definition) is 3. The molecule has 0 radical (unpaired) electrons. The quantitative estimate of drug-likeness (QED) is 0.448. The Hall–Kier alpha value is -3.28. The summed E-state index contributed by atoms with van der Waals surface area (Å²) >= 11 is 11.9. The third-order valence-corrected chi connectivity index (χ3v) is 5.23. The normalized spacial score (nSPS) is 14.9. The summed E-state index contributed by atoms with van der Waals surface area (Å²) in [4.78, 5) is 25.0. The molecule has 3 aromatic carbocycles. The van der Waals surface area contributed by atoms with Gasteiger partial charge in [0.05, 0.1) is 15.7 Å². The molecule has 1 saturated heterocycles. The molecule has 7 heteroatoms. The number of carbonyl (C=O) groups excluding carboxylic acids is 2. The van der Waals surface area contributed by atoms with E-state index in [4.69, 9.17) is 27.9 Å². The first-order valence-electron chi connectivity index (χ1n) is 9.10. The summed E-state index contributed by atoms with van der Waals surface area (Å²) in [5, 5.41) is 1.80. The molecule has 0 saturated carbocycles. The number of nitrogens with zero attached hydrogens (tertiary/aromatic N) is 1. The fraction of sp³-hybridized carbons (Fsp3) is 0.0435. The topological polar surface area (TPSA) is 58.6 Å². The van der Waals surface area contributed by atoms with Crippen LogP contribution in [0.3, 0.4) is 0 Å². The fourth-order valence-electron chi connectivity index (χ4n) is 2.93. The Balaban J connectivity index is 1.47. The summed E-state index contributed by atoms with van der Waals surface area (Å²) in [6, 6.07) is 21.7. The first-order chi connectivity index (χ1) is 14.5. The van der Waals surface area contributed by atoms with Gasteiger partial charge in [-0.05, 0) is 47.5 Å². The van der Waals surface area contributed by atoms with E-state index in [0.29, 0.717) is 33.7 Å². The highest BCUT2D eigenvalue weighted by Crippen LogP contribution is 2.29. The SMILES string of the molecule is O=C1NN(c2ccc(Cl)c(Cl)c2)C(=O)/C1=C/c1ccc(OCc2ccccc2)cc1. The smallest absolute Gasteiger partial charge is 0.282 e. The zero-order chi connectivity index (χ0) is 21.1. The van der Waals surface area contributed by atoms with E-state index < -0.39 is 11.8 Å². The molecule has 30 heavy (non-hydrogen) atoms. The van der Waals surface area contributed by atoms with Crippen LogP contribution in [-0.4, -0.2) is 11.8 Å². The van der Waals surface area contributed by atoms with Crippen molar-refractivity contribution in [3.8, 4) is 5.75 Å². The lowest BCUT2D eigenvalue weighted by Gasteiger charge is -2.15. The predicted molar refractivity (Wildman–Crippen MR) is 117 cm³/mol. The second-order valence-electron chi connectivity index (χ2n) is 6.58. The molecular weight excluding hydrogens is 423 g/mol. The van der Waals surface area contributed by atoms with Gasteiger partial charge in [-0.1, -0.05) is 65.7 Å². The van der Waals surface area contributed by atoms with Crippen LogP contribution in [0.5, 0.6) is 5.75 Å². The second kappa shape index (κ2) is 8.61. The monoisotopic (exact) mass is 438 g/mol. The number of halogens is 2. The van der Waals surface area contributed by atoms with Gasteiger partial charge in [-0.2, -0.15) is 0 Å². The van der Waals surface area contributed by atoms with E-state index in [9.17, 15) is 9.59 Å². The molecule has 4 rings (SSSR count). The van der Waals surface area contributed by atoms with Gasteiger partial charge in [0.2, 0.25) is 0 Å². The van der Waals surface area contributed by atoms with Crippen LogP contribution >= 0.6 is 23.2 Å². The lowest BCUT2D eigenvalue weighted by atomic mass is 10.1. The largest absolute Gasteiger partial charge is 0.489 e. The van der Waals surface area contributed by atoms with E-state index in [1.165, 1.54) is 12.1 Å². The van der Waals surface area contributed by atoms with E-state index in [1.807, 2.05) is 30.3 Å². The first-order valence-corrected chi connectivity index (χ1v) is 9.86. The number of rotatable bonds is 5. The van der Waals surface area contributed by atoms with Gasteiger partial charge in [0.25, 0.3) is 11.8 Å². The molecule has 5 nitrogen and oxygen atoms in total. The average Bonchev–Trinajstić information content (AvgIpc) is 3.04. The van der Waals surface area contributed by atoms with Gasteiger partial charge in [0.1, 0.15) is 17.9 Å². The van der Waals surface area contributed by atoms with Gasteiger partial charge < -0.3 is 4.74 Å². The Morgan fingerprint density at radius 3 is 2.33 bits per heavy atom. The van der Waals surface area contributed by atoms with Crippen LogP contribution in [0.2, 0.25) is 10.0 Å². The molecule has 0 spiro atoms. The Morgan fingerprint density at radius 1 is 0.900 bits per heavy atom. The van der Waals surface area contributed by atoms with Crippen LogP contribution in [-0.2, 0) is 16.2 Å². The molecule has 1 aliphatic rings. The van der Waals surface area contributed by atoms with Crippen molar-refractivity contribution in [2.75, 3.05) is 5.01 Å². The maximum Gasteiger partial charge on any atom is 0.282 e. The third kappa shape index (κ3) is 4.32. The van der Waals surface area contributed by atoms with Gasteiger partial charge in [-0.15, -0.1) is 0 Å². The van der Waals surface area contributed by atoms with Gasteiger partial charge in [-0.3, -0.25) is 15.0 Å². The Kier molecular flexibility index (Phi) is 5.74. The summed E-state index contributed by atoms with van der Waals surface area (Å²) < 4.78 is 5.76. The minimum atomic E-state index is -0.490. The van der Waals surface area contributed by atoms with Gasteiger partial charge >= 0.3 is 0 Å². The molecule has 1 N–H and O–H groups in total. The summed E-state index contributed by atoms with van der Waals surface area (Å²) in [7, 11) is 0. The van der Waals surface area contributed by atoms with Gasteiger partial charge in [0, 0.05) is 0 Å². The van der Waals surface area contributed by atoms with E-state index in [2.05, 4.69) is 5.43 Å². The van der Waals surface area contributed by atoms with Crippen molar-refractivity contribution >= 4 is 46.8 Å². The van der Waals surface area contributed by atoms with Crippen molar-refractivity contribution in [1.82, 2.24) is 5.43 Å². The maximum atomic E-state index is 12.7. The number of hydrazine groups is 1. The molecular formula is C23H16Cl2N2O3. The minimum Gasteiger partial charge on any atom is -0.489 e. The molecule has 150 valence electrons. The van der Waals surface area contributed by atoms with E-state index in [0.717, 1.165) is 10.6 Å². The number of benzene rings is 3. The summed E-state index contributed by atoms with van der Waals surface area (Å²) in [6.07, 6.45) is 1.54. The lowest BCUT2D eigenvalue weighted by Crippen LogP contribution is -2.35. The van der Waals surface area contributed by atoms with Crippen molar-refractivity contribution in [3.63, 3.8) is 0 Å². The van der Waals surface area contributed by atoms with Crippen molar-refractivity contribution in [1.29, 1.82) is 0 Å². The Bertz CT molecular complexity index is 1130. The van der Waals surface area contributed by atoms with Crippen LogP contribution in [0.25, 0.3) is 6.08 Å². The highest BCUT2D eigenvalue weighted by atomic mass is 35.5. The average molecular weight is 439 g/mol. The maximum absolute atomic E-state index is 12.7. The zero-order valence-electron chi connectivity index (χ0n) is 15.6. The highest BCUT2D eigenvalue weighted by Gasteiger charge is 2.34. The van der Waals surface area contributed by atoms with Gasteiger partial charge in [-0.25, -0.2) is 5.01 Å². The van der Waals surface area contributed by atoms with Crippen LogP contribution in [0.15, 0.2) is 78.4 Å². The second-order valence-corrected chi connectivity index (χ2v) is 7.40. The summed E-state index contributed by atoms with van der Waals surface area (Å²) in [5.74, 6) is -0.265. The lowest BCUT2D eigenvalue weighted by molar-refractivity contribution is -0.117. The van der Waals surface area contributed by atoms with Crippen molar-refractivity contribution < 1.29 is 14.3 Å².